The van der Waals surface area contributed by atoms with Gasteiger partial charge in [0.05, 0.1) is 0 Å². The van der Waals surface area contributed by atoms with E-state index in [0.717, 1.165) is 12.5 Å². The number of nitrogens with two attached hydrogens (primary N) is 1. The van der Waals surface area contributed by atoms with Crippen LogP contribution in [0.25, 0.3) is 0 Å². The van der Waals surface area contributed by atoms with Crippen molar-refractivity contribution < 1.29 is 0 Å². The van der Waals surface area contributed by atoms with Crippen LogP contribution in [-0.4, -0.2) is 17.6 Å². The average molecular weight is 168 g/mol. The molecule has 0 saturated heterocycles. The van der Waals surface area contributed by atoms with Crippen molar-refractivity contribution in [3.63, 3.8) is 0 Å². The number of hydrogen-bond acceptors (Lipinski definition) is 2. The molecule has 2 saturated carbocycles. The molecule has 12 heavy (non-hydrogen) atoms. The quantitative estimate of drug-likeness (QED) is 0.663. The van der Waals surface area contributed by atoms with Crippen LogP contribution in [0.2, 0.25) is 0 Å². The van der Waals surface area contributed by atoms with Crippen molar-refractivity contribution in [1.82, 2.24) is 5.32 Å². The third-order valence-electron chi connectivity index (χ3n) is 3.41. The van der Waals surface area contributed by atoms with Crippen molar-refractivity contribution in [1.29, 1.82) is 0 Å². The molecule has 1 unspecified atom stereocenters. The largest absolute Gasteiger partial charge is 0.324 e. The summed E-state index contributed by atoms with van der Waals surface area (Å²) >= 11 is 0. The highest BCUT2D eigenvalue weighted by molar-refractivity contribution is 5.03. The topological polar surface area (TPSA) is 38.0 Å². The number of rotatable bonds is 4. The summed E-state index contributed by atoms with van der Waals surface area (Å²) in [6.45, 7) is 5.47. The van der Waals surface area contributed by atoms with Gasteiger partial charge in [-0.2, -0.15) is 0 Å². The van der Waals surface area contributed by atoms with Gasteiger partial charge in [-0.1, -0.05) is 0 Å². The van der Waals surface area contributed by atoms with Crippen LogP contribution in [0, 0.1) is 5.92 Å². The minimum Gasteiger partial charge on any atom is -0.324 e. The molecule has 2 aliphatic rings. The Hall–Kier alpha value is -0.0800. The minimum atomic E-state index is 0.0472. The first-order chi connectivity index (χ1) is 5.52. The molecule has 2 aliphatic carbocycles. The lowest BCUT2D eigenvalue weighted by atomic mass is 9.97. The summed E-state index contributed by atoms with van der Waals surface area (Å²) in [7, 11) is 0. The second-order valence-electron chi connectivity index (χ2n) is 5.19. The third-order valence-corrected chi connectivity index (χ3v) is 3.41. The lowest BCUT2D eigenvalue weighted by Gasteiger charge is -2.27. The Morgan fingerprint density at radius 2 is 2.08 bits per heavy atom. The molecule has 2 nitrogen and oxygen atoms in total. The molecule has 70 valence electrons. The van der Waals surface area contributed by atoms with Crippen LogP contribution in [0.3, 0.4) is 0 Å². The highest BCUT2D eigenvalue weighted by Crippen LogP contribution is 2.39. The van der Waals surface area contributed by atoms with Crippen LogP contribution in [0.5, 0.6) is 0 Å². The van der Waals surface area contributed by atoms with E-state index >= 15 is 0 Å². The van der Waals surface area contributed by atoms with Crippen molar-refractivity contribution >= 4 is 0 Å². The predicted octanol–water partition coefficient (Wildman–Crippen LogP) is 1.26. The van der Waals surface area contributed by atoms with Crippen LogP contribution in [0.1, 0.15) is 39.5 Å². The first-order valence-electron chi connectivity index (χ1n) is 5.06. The van der Waals surface area contributed by atoms with Gasteiger partial charge in [0.25, 0.3) is 0 Å². The summed E-state index contributed by atoms with van der Waals surface area (Å²) in [4.78, 5) is 0. The minimum absolute atomic E-state index is 0.0472. The van der Waals surface area contributed by atoms with E-state index in [2.05, 4.69) is 19.2 Å². The molecule has 2 rings (SSSR count). The first kappa shape index (κ1) is 8.52. The molecule has 1 atom stereocenters. The highest BCUT2D eigenvalue weighted by Gasteiger charge is 2.42. The van der Waals surface area contributed by atoms with Crippen molar-refractivity contribution in [2.45, 2.75) is 50.6 Å². The Labute approximate surface area is 74.9 Å². The second-order valence-corrected chi connectivity index (χ2v) is 5.19. The molecule has 0 aliphatic heterocycles. The van der Waals surface area contributed by atoms with Crippen LogP contribution in [0.4, 0.5) is 0 Å². The fourth-order valence-corrected chi connectivity index (χ4v) is 1.66. The molecule has 0 heterocycles. The fourth-order valence-electron chi connectivity index (χ4n) is 1.66. The van der Waals surface area contributed by atoms with Gasteiger partial charge in [0.15, 0.2) is 0 Å². The third kappa shape index (κ3) is 1.80. The van der Waals surface area contributed by atoms with E-state index in [0.29, 0.717) is 5.54 Å². The Bertz CT molecular complexity index is 178. The Balaban J connectivity index is 1.77. The summed E-state index contributed by atoms with van der Waals surface area (Å²) < 4.78 is 0. The summed E-state index contributed by atoms with van der Waals surface area (Å²) in [5, 5.41) is 3.57. The molecule has 0 aromatic heterocycles. The Kier molecular flexibility index (Phi) is 1.74. The zero-order chi connectivity index (χ0) is 8.82. The molecular formula is C10H20N2. The van der Waals surface area contributed by atoms with E-state index in [-0.39, 0.29) is 5.54 Å². The average Bonchev–Trinajstić information content (AvgIpc) is 2.78. The standard InChI is InChI=1S/C10H20N2/c1-9(5-6-9)12-7-10(2,11)8-3-4-8/h8,12H,3-7,11H2,1-2H3. The molecule has 3 N–H and O–H groups in total. The maximum absolute atomic E-state index is 6.19. The van der Waals surface area contributed by atoms with E-state index in [1.165, 1.54) is 25.7 Å². The summed E-state index contributed by atoms with van der Waals surface area (Å²) in [6, 6.07) is 0. The Morgan fingerprint density at radius 1 is 1.50 bits per heavy atom. The predicted molar refractivity (Wildman–Crippen MR) is 51.0 cm³/mol. The van der Waals surface area contributed by atoms with Crippen molar-refractivity contribution in [2.24, 2.45) is 11.7 Å². The second kappa shape index (κ2) is 2.46. The fraction of sp³-hybridized carbons (Fsp3) is 1.00. The molecular weight excluding hydrogens is 148 g/mol. The van der Waals surface area contributed by atoms with Gasteiger partial charge in [-0.15, -0.1) is 0 Å². The molecule has 2 heteroatoms. The van der Waals surface area contributed by atoms with Crippen molar-refractivity contribution in [2.75, 3.05) is 6.54 Å². The molecule has 2 fully saturated rings. The monoisotopic (exact) mass is 168 g/mol. The van der Waals surface area contributed by atoms with Gasteiger partial charge in [-0.3, -0.25) is 0 Å². The molecule has 0 radical (unpaired) electrons. The lowest BCUT2D eigenvalue weighted by molar-refractivity contribution is 0.354. The zero-order valence-corrected chi connectivity index (χ0v) is 8.19. The molecule has 0 spiro atoms. The van der Waals surface area contributed by atoms with E-state index in [1.807, 2.05) is 0 Å². The van der Waals surface area contributed by atoms with Gasteiger partial charge in [0, 0.05) is 17.6 Å². The van der Waals surface area contributed by atoms with Gasteiger partial charge in [0.2, 0.25) is 0 Å². The zero-order valence-electron chi connectivity index (χ0n) is 8.19. The van der Waals surface area contributed by atoms with Gasteiger partial charge in [0.1, 0.15) is 0 Å². The van der Waals surface area contributed by atoms with Crippen LogP contribution in [-0.2, 0) is 0 Å². The Morgan fingerprint density at radius 3 is 2.50 bits per heavy atom. The van der Waals surface area contributed by atoms with E-state index in [1.54, 1.807) is 0 Å². The van der Waals surface area contributed by atoms with Gasteiger partial charge in [-0.05, 0) is 45.4 Å². The van der Waals surface area contributed by atoms with E-state index in [4.69, 9.17) is 5.73 Å². The summed E-state index contributed by atoms with van der Waals surface area (Å²) in [5.74, 6) is 0.785. The van der Waals surface area contributed by atoms with Gasteiger partial charge in [-0.25, -0.2) is 0 Å². The van der Waals surface area contributed by atoms with E-state index in [9.17, 15) is 0 Å². The smallest absolute Gasteiger partial charge is 0.0280 e. The maximum Gasteiger partial charge on any atom is 0.0280 e. The molecule has 0 amide bonds. The normalized spacial score (nSPS) is 31.2. The summed E-state index contributed by atoms with van der Waals surface area (Å²) in [6.07, 6.45) is 5.33. The molecule has 0 aromatic rings. The maximum atomic E-state index is 6.19. The SMILES string of the molecule is CC1(NCC(C)(N)C2CC2)CC1. The summed E-state index contributed by atoms with van der Waals surface area (Å²) in [5.41, 5.74) is 6.68. The van der Waals surface area contributed by atoms with Crippen molar-refractivity contribution in [3.05, 3.63) is 0 Å². The number of hydrogen-bond donors (Lipinski definition) is 2. The van der Waals surface area contributed by atoms with Crippen LogP contribution in [0.15, 0.2) is 0 Å². The van der Waals surface area contributed by atoms with E-state index < -0.39 is 0 Å². The number of nitrogens with one attached hydrogen (secondary N) is 1. The molecule has 0 bridgehead atoms. The van der Waals surface area contributed by atoms with Gasteiger partial charge < -0.3 is 11.1 Å². The molecule has 0 aromatic carbocycles. The van der Waals surface area contributed by atoms with Crippen LogP contribution < -0.4 is 11.1 Å². The van der Waals surface area contributed by atoms with Crippen molar-refractivity contribution in [3.8, 4) is 0 Å². The van der Waals surface area contributed by atoms with Gasteiger partial charge >= 0.3 is 0 Å². The lowest BCUT2D eigenvalue weighted by Crippen LogP contribution is -2.50. The highest BCUT2D eigenvalue weighted by atomic mass is 15.0. The van der Waals surface area contributed by atoms with Crippen LogP contribution >= 0.6 is 0 Å². The first-order valence-corrected chi connectivity index (χ1v) is 5.06.